The van der Waals surface area contributed by atoms with E-state index in [0.29, 0.717) is 12.0 Å². The Hall–Kier alpha value is -2.63. The molecule has 0 fully saturated rings. The van der Waals surface area contributed by atoms with Crippen LogP contribution in [0.5, 0.6) is 5.75 Å². The number of carbonyl (C=O) groups is 2. The summed E-state index contributed by atoms with van der Waals surface area (Å²) in [4.78, 5) is 23.7. The number of nitrogens with one attached hydrogen (secondary N) is 1. The van der Waals surface area contributed by atoms with Gasteiger partial charge in [0.1, 0.15) is 18.5 Å². The van der Waals surface area contributed by atoms with Crippen molar-refractivity contribution in [2.75, 3.05) is 13.7 Å². The number of carbonyl (C=O) groups excluding carboxylic acids is 1. The molecule has 0 spiro atoms. The van der Waals surface area contributed by atoms with Gasteiger partial charge in [0, 0.05) is 18.5 Å². The Balaban J connectivity index is 2.20. The number of rotatable bonds is 4. The predicted octanol–water partition coefficient (Wildman–Crippen LogP) is 3.08. The second kappa shape index (κ2) is 6.35. The first-order valence-corrected chi connectivity index (χ1v) is 8.11. The molecular formula is C19H20FNO4. The van der Waals surface area contributed by atoms with Crippen molar-refractivity contribution in [1.82, 2.24) is 5.32 Å². The molecule has 0 radical (unpaired) electrons. The quantitative estimate of drug-likeness (QED) is 0.879. The van der Waals surface area contributed by atoms with Gasteiger partial charge in [-0.15, -0.1) is 0 Å². The van der Waals surface area contributed by atoms with E-state index in [1.54, 1.807) is 0 Å². The number of alkyl halides is 1. The lowest BCUT2D eigenvalue weighted by atomic mass is 9.68. The third kappa shape index (κ3) is 2.81. The minimum absolute atomic E-state index is 0.00982. The minimum Gasteiger partial charge on any atom is -0.486 e. The van der Waals surface area contributed by atoms with Gasteiger partial charge in [0.2, 0.25) is 0 Å². The van der Waals surface area contributed by atoms with Crippen molar-refractivity contribution < 1.29 is 23.8 Å². The fraction of sp³-hybridized carbons (Fsp3) is 0.368. The molecule has 2 aliphatic rings. The molecule has 132 valence electrons. The van der Waals surface area contributed by atoms with Crippen LogP contribution in [0.2, 0.25) is 0 Å². The third-order valence-corrected chi connectivity index (χ3v) is 4.96. The lowest BCUT2D eigenvalue weighted by Crippen LogP contribution is -2.33. The number of carboxylic acid groups (broad SMARTS) is 1. The molecular weight excluding hydrogens is 325 g/mol. The molecule has 0 aromatic heterocycles. The Morgan fingerprint density at radius 2 is 2.16 bits per heavy atom. The van der Waals surface area contributed by atoms with Gasteiger partial charge in [-0.3, -0.25) is 4.79 Å². The van der Waals surface area contributed by atoms with Crippen molar-refractivity contribution in [2.45, 2.75) is 25.4 Å². The van der Waals surface area contributed by atoms with Crippen LogP contribution in [0.3, 0.4) is 0 Å². The van der Waals surface area contributed by atoms with Gasteiger partial charge in [-0.05, 0) is 24.0 Å². The number of carboxylic acids is 1. The van der Waals surface area contributed by atoms with Crippen molar-refractivity contribution in [3.05, 3.63) is 53.1 Å². The first-order valence-electron chi connectivity index (χ1n) is 8.11. The van der Waals surface area contributed by atoms with Gasteiger partial charge in [0.05, 0.1) is 11.1 Å². The fourth-order valence-electron chi connectivity index (χ4n) is 3.74. The van der Waals surface area contributed by atoms with Gasteiger partial charge in [0.15, 0.2) is 0 Å². The van der Waals surface area contributed by atoms with Crippen LogP contribution in [0.15, 0.2) is 36.4 Å². The van der Waals surface area contributed by atoms with E-state index < -0.39 is 30.1 Å². The number of benzene rings is 1. The molecule has 1 aromatic rings. The van der Waals surface area contributed by atoms with E-state index in [2.05, 4.69) is 5.32 Å². The number of hydrogen-bond donors (Lipinski definition) is 2. The summed E-state index contributed by atoms with van der Waals surface area (Å²) in [5, 5.41) is 11.9. The highest BCUT2D eigenvalue weighted by Gasteiger charge is 2.47. The zero-order chi connectivity index (χ0) is 18.2. The molecule has 25 heavy (non-hydrogen) atoms. The van der Waals surface area contributed by atoms with Crippen LogP contribution in [0.4, 0.5) is 4.39 Å². The maximum atomic E-state index is 13.7. The normalized spacial score (nSPS) is 26.8. The Bertz CT molecular complexity index is 786. The van der Waals surface area contributed by atoms with Crippen molar-refractivity contribution in [2.24, 2.45) is 5.41 Å². The summed E-state index contributed by atoms with van der Waals surface area (Å²) in [7, 11) is 1.46. The smallest absolute Gasteiger partial charge is 0.335 e. The van der Waals surface area contributed by atoms with Gasteiger partial charge < -0.3 is 15.2 Å². The summed E-state index contributed by atoms with van der Waals surface area (Å²) in [6, 6.07) is 2.78. The topological polar surface area (TPSA) is 75.6 Å². The lowest BCUT2D eigenvalue weighted by Gasteiger charge is -2.35. The standard InChI is InChI=1S/C19H20FNO4/c1-19(6-4-3-5-7-19)15-12-8-11(18(23)24)9-13(17(22)21-2)16(12)25-14(15)10-20/h3-6,8-9,14-15H,7,10H2,1-2H3,(H,21,22)(H,23,24)/t14-,15+,19?/m0/s1. The molecule has 3 atom stereocenters. The molecule has 1 aliphatic heterocycles. The Kier molecular flexibility index (Phi) is 4.37. The van der Waals surface area contributed by atoms with E-state index in [-0.39, 0.29) is 22.8 Å². The molecule has 1 heterocycles. The molecule has 0 bridgehead atoms. The highest BCUT2D eigenvalue weighted by atomic mass is 19.1. The molecule has 0 saturated carbocycles. The Labute approximate surface area is 145 Å². The van der Waals surface area contributed by atoms with Crippen LogP contribution in [0, 0.1) is 5.41 Å². The number of ether oxygens (including phenoxy) is 1. The van der Waals surface area contributed by atoms with Crippen LogP contribution in [0.25, 0.3) is 0 Å². The average molecular weight is 345 g/mol. The zero-order valence-electron chi connectivity index (χ0n) is 14.1. The van der Waals surface area contributed by atoms with E-state index in [9.17, 15) is 19.1 Å². The van der Waals surface area contributed by atoms with Gasteiger partial charge in [-0.25, -0.2) is 9.18 Å². The Morgan fingerprint density at radius 1 is 1.40 bits per heavy atom. The first-order chi connectivity index (χ1) is 11.9. The summed E-state index contributed by atoms with van der Waals surface area (Å²) in [5.74, 6) is -1.70. The van der Waals surface area contributed by atoms with E-state index in [1.165, 1.54) is 19.2 Å². The Morgan fingerprint density at radius 3 is 2.72 bits per heavy atom. The molecule has 1 aromatic carbocycles. The highest BCUT2D eigenvalue weighted by Crippen LogP contribution is 2.53. The zero-order valence-corrected chi connectivity index (χ0v) is 14.1. The van der Waals surface area contributed by atoms with Crippen molar-refractivity contribution in [3.8, 4) is 5.75 Å². The first kappa shape index (κ1) is 17.2. The van der Waals surface area contributed by atoms with Crippen LogP contribution in [-0.2, 0) is 0 Å². The molecule has 1 aliphatic carbocycles. The predicted molar refractivity (Wildman–Crippen MR) is 90.9 cm³/mol. The van der Waals surface area contributed by atoms with Crippen molar-refractivity contribution in [3.63, 3.8) is 0 Å². The maximum Gasteiger partial charge on any atom is 0.335 e. The molecule has 0 saturated heterocycles. The van der Waals surface area contributed by atoms with Gasteiger partial charge in [-0.2, -0.15) is 0 Å². The SMILES string of the molecule is CNC(=O)c1cc(C(=O)O)cc2c1O[C@@H](CF)[C@@H]2C1(C)C=CC=CC1. The van der Waals surface area contributed by atoms with E-state index >= 15 is 0 Å². The number of fused-ring (bicyclic) bond motifs is 1. The van der Waals surface area contributed by atoms with Crippen LogP contribution in [-0.4, -0.2) is 36.8 Å². The minimum atomic E-state index is -1.14. The maximum absolute atomic E-state index is 13.7. The number of halogens is 1. The number of amides is 1. The van der Waals surface area contributed by atoms with Crippen molar-refractivity contribution in [1.29, 1.82) is 0 Å². The van der Waals surface area contributed by atoms with E-state index in [4.69, 9.17) is 4.74 Å². The second-order valence-electron chi connectivity index (χ2n) is 6.61. The number of aromatic carboxylic acids is 1. The monoisotopic (exact) mass is 345 g/mol. The molecule has 5 nitrogen and oxygen atoms in total. The van der Waals surface area contributed by atoms with Gasteiger partial charge in [-0.1, -0.05) is 31.2 Å². The molecule has 6 heteroatoms. The second-order valence-corrected chi connectivity index (χ2v) is 6.61. The fourth-order valence-corrected chi connectivity index (χ4v) is 3.74. The summed E-state index contributed by atoms with van der Waals surface area (Å²) in [6.45, 7) is 1.27. The third-order valence-electron chi connectivity index (χ3n) is 4.96. The highest BCUT2D eigenvalue weighted by molar-refractivity contribution is 6.00. The van der Waals surface area contributed by atoms with E-state index in [0.717, 1.165) is 0 Å². The largest absolute Gasteiger partial charge is 0.486 e. The van der Waals surface area contributed by atoms with Gasteiger partial charge in [0.25, 0.3) is 5.91 Å². The summed E-state index contributed by atoms with van der Waals surface area (Å²) in [5.41, 5.74) is 0.263. The van der Waals surface area contributed by atoms with Crippen LogP contribution in [0.1, 0.15) is 45.5 Å². The van der Waals surface area contributed by atoms with Crippen LogP contribution < -0.4 is 10.1 Å². The number of hydrogen-bond acceptors (Lipinski definition) is 3. The average Bonchev–Trinajstić information content (AvgIpc) is 3.00. The summed E-state index contributed by atoms with van der Waals surface area (Å²) >= 11 is 0. The lowest BCUT2D eigenvalue weighted by molar-refractivity contribution is 0.0696. The van der Waals surface area contributed by atoms with E-state index in [1.807, 2.05) is 31.2 Å². The summed E-state index contributed by atoms with van der Waals surface area (Å²) < 4.78 is 19.5. The molecule has 1 unspecified atom stereocenters. The van der Waals surface area contributed by atoms with Crippen molar-refractivity contribution >= 4 is 11.9 Å². The molecule has 2 N–H and O–H groups in total. The summed E-state index contributed by atoms with van der Waals surface area (Å²) in [6.07, 6.45) is 7.73. The van der Waals surface area contributed by atoms with Gasteiger partial charge >= 0.3 is 5.97 Å². The number of allylic oxidation sites excluding steroid dienone is 4. The molecule has 3 rings (SSSR count). The molecule has 1 amide bonds. The van der Waals surface area contributed by atoms with Crippen LogP contribution >= 0.6 is 0 Å².